The molecule has 4 heteroatoms. The molecular weight excluding hydrogens is 705 g/mol. The number of fused-ring (bicyclic) bond motifs is 2. The first-order valence-electron chi connectivity index (χ1n) is 19.6. The van der Waals surface area contributed by atoms with Gasteiger partial charge in [0.15, 0.2) is 11.6 Å². The van der Waals surface area contributed by atoms with Crippen LogP contribution in [0.2, 0.25) is 0 Å². The molecular formula is C54H38N4. The highest BCUT2D eigenvalue weighted by Crippen LogP contribution is 2.41. The summed E-state index contributed by atoms with van der Waals surface area (Å²) in [6.45, 7) is 4.02. The predicted molar refractivity (Wildman–Crippen MR) is 240 cm³/mol. The molecule has 10 rings (SSSR count). The Labute approximate surface area is 338 Å². The Bertz CT molecular complexity index is 2970. The van der Waals surface area contributed by atoms with Gasteiger partial charge in [-0.3, -0.25) is 0 Å². The molecule has 0 aliphatic rings. The molecule has 58 heavy (non-hydrogen) atoms. The van der Waals surface area contributed by atoms with E-state index in [4.69, 9.17) is 9.97 Å². The number of benzene rings is 8. The van der Waals surface area contributed by atoms with Crippen LogP contribution in [0.1, 0.15) is 11.4 Å². The standard InChI is InChI=1S/C54H38N4/c1-35-29-36(2)56-53(55-35)42-27-25-38(26-28-42)37-21-23-39(24-22-37)45-31-46(52-48-19-11-9-17-43(48)30-44-18-10-12-20-49(44)52)33-47(32-45)54-57-50(40-13-5-3-6-14-40)34-51(58-54)41-15-7-4-8-16-41/h3-34H,1-2H3. The molecule has 0 bridgehead atoms. The lowest BCUT2D eigenvalue weighted by Gasteiger charge is -2.16. The van der Waals surface area contributed by atoms with Crippen molar-refractivity contribution in [2.75, 3.05) is 0 Å². The number of aromatic nitrogens is 4. The van der Waals surface area contributed by atoms with Crippen LogP contribution in [0.15, 0.2) is 194 Å². The van der Waals surface area contributed by atoms with Gasteiger partial charge in [-0.25, -0.2) is 19.9 Å². The SMILES string of the molecule is Cc1cc(C)nc(-c2ccc(-c3ccc(-c4cc(-c5nc(-c6ccccc6)cc(-c6ccccc6)n5)cc(-c5c6ccccc6cc6ccccc56)c4)cc3)cc2)n1. The molecule has 0 spiro atoms. The maximum absolute atomic E-state index is 5.27. The first-order chi connectivity index (χ1) is 28.5. The zero-order chi connectivity index (χ0) is 39.0. The molecule has 0 radical (unpaired) electrons. The van der Waals surface area contributed by atoms with Crippen molar-refractivity contribution in [1.29, 1.82) is 0 Å². The first-order valence-corrected chi connectivity index (χ1v) is 19.6. The third-order valence-electron chi connectivity index (χ3n) is 10.8. The molecule has 8 aromatic carbocycles. The highest BCUT2D eigenvalue weighted by molar-refractivity contribution is 6.13. The summed E-state index contributed by atoms with van der Waals surface area (Å²) in [6, 6.07) is 68.7. The Balaban J connectivity index is 1.14. The normalized spacial score (nSPS) is 11.3. The average Bonchev–Trinajstić information content (AvgIpc) is 3.28. The third-order valence-corrected chi connectivity index (χ3v) is 10.8. The van der Waals surface area contributed by atoms with Crippen LogP contribution in [0.4, 0.5) is 0 Å². The van der Waals surface area contributed by atoms with Crippen molar-refractivity contribution in [2.45, 2.75) is 13.8 Å². The van der Waals surface area contributed by atoms with E-state index >= 15 is 0 Å². The summed E-state index contributed by atoms with van der Waals surface area (Å²) < 4.78 is 0. The lowest BCUT2D eigenvalue weighted by atomic mass is 9.89. The zero-order valence-electron chi connectivity index (χ0n) is 32.3. The smallest absolute Gasteiger partial charge is 0.160 e. The van der Waals surface area contributed by atoms with Gasteiger partial charge in [-0.2, -0.15) is 0 Å². The number of hydrogen-bond donors (Lipinski definition) is 0. The fourth-order valence-electron chi connectivity index (χ4n) is 8.00. The van der Waals surface area contributed by atoms with Gasteiger partial charge >= 0.3 is 0 Å². The van der Waals surface area contributed by atoms with E-state index < -0.39 is 0 Å². The summed E-state index contributed by atoms with van der Waals surface area (Å²) in [5.74, 6) is 1.43. The summed E-state index contributed by atoms with van der Waals surface area (Å²) >= 11 is 0. The molecule has 2 heterocycles. The molecule has 10 aromatic rings. The van der Waals surface area contributed by atoms with Crippen LogP contribution in [-0.4, -0.2) is 19.9 Å². The second-order valence-electron chi connectivity index (χ2n) is 14.8. The van der Waals surface area contributed by atoms with E-state index in [9.17, 15) is 0 Å². The molecule has 2 aromatic heterocycles. The van der Waals surface area contributed by atoms with Crippen LogP contribution in [0.25, 0.3) is 100 Å². The first kappa shape index (κ1) is 34.9. The summed E-state index contributed by atoms with van der Waals surface area (Å²) in [5, 5.41) is 4.82. The molecule has 0 fully saturated rings. The van der Waals surface area contributed by atoms with Crippen LogP contribution in [-0.2, 0) is 0 Å². The second-order valence-corrected chi connectivity index (χ2v) is 14.8. The molecule has 0 N–H and O–H groups in total. The van der Waals surface area contributed by atoms with Crippen LogP contribution in [0, 0.1) is 13.8 Å². The van der Waals surface area contributed by atoms with Gasteiger partial charge in [0.25, 0.3) is 0 Å². The van der Waals surface area contributed by atoms with Crippen molar-refractivity contribution in [3.05, 3.63) is 206 Å². The average molecular weight is 743 g/mol. The topological polar surface area (TPSA) is 51.6 Å². The van der Waals surface area contributed by atoms with Crippen LogP contribution >= 0.6 is 0 Å². The van der Waals surface area contributed by atoms with Crippen LogP contribution in [0.5, 0.6) is 0 Å². The van der Waals surface area contributed by atoms with Crippen molar-refractivity contribution in [2.24, 2.45) is 0 Å². The van der Waals surface area contributed by atoms with Crippen molar-refractivity contribution >= 4 is 21.5 Å². The summed E-state index contributed by atoms with van der Waals surface area (Å²) in [5.41, 5.74) is 14.5. The van der Waals surface area contributed by atoms with E-state index in [1.807, 2.05) is 32.0 Å². The summed E-state index contributed by atoms with van der Waals surface area (Å²) in [6.07, 6.45) is 0. The Morgan fingerprint density at radius 3 is 1.22 bits per heavy atom. The van der Waals surface area contributed by atoms with Gasteiger partial charge in [-0.15, -0.1) is 0 Å². The highest BCUT2D eigenvalue weighted by atomic mass is 14.9. The molecule has 0 atom stereocenters. The number of nitrogens with zero attached hydrogens (tertiary/aromatic N) is 4. The summed E-state index contributed by atoms with van der Waals surface area (Å²) in [4.78, 5) is 19.9. The number of aryl methyl sites for hydroxylation is 2. The van der Waals surface area contributed by atoms with Gasteiger partial charge in [-0.1, -0.05) is 158 Å². The van der Waals surface area contributed by atoms with Crippen molar-refractivity contribution in [3.8, 4) is 78.7 Å². The van der Waals surface area contributed by atoms with E-state index in [0.29, 0.717) is 5.82 Å². The van der Waals surface area contributed by atoms with E-state index in [2.05, 4.69) is 186 Å². The monoisotopic (exact) mass is 742 g/mol. The predicted octanol–water partition coefficient (Wildman–Crippen LogP) is 13.9. The number of rotatable bonds is 7. The Hall–Kier alpha value is -7.56. The molecule has 0 aliphatic carbocycles. The third kappa shape index (κ3) is 6.82. The minimum atomic E-state index is 0.678. The van der Waals surface area contributed by atoms with Gasteiger partial charge in [0.2, 0.25) is 0 Å². The van der Waals surface area contributed by atoms with Crippen molar-refractivity contribution < 1.29 is 0 Å². The van der Waals surface area contributed by atoms with E-state index in [-0.39, 0.29) is 0 Å². The minimum absolute atomic E-state index is 0.678. The fraction of sp³-hybridized carbons (Fsp3) is 0.0370. The summed E-state index contributed by atoms with van der Waals surface area (Å²) in [7, 11) is 0. The van der Waals surface area contributed by atoms with Crippen molar-refractivity contribution in [1.82, 2.24) is 19.9 Å². The molecule has 4 nitrogen and oxygen atoms in total. The maximum atomic E-state index is 5.27. The minimum Gasteiger partial charge on any atom is -0.233 e. The highest BCUT2D eigenvalue weighted by Gasteiger charge is 2.17. The maximum Gasteiger partial charge on any atom is 0.160 e. The van der Waals surface area contributed by atoms with Gasteiger partial charge in [0.1, 0.15) is 0 Å². The molecule has 0 saturated heterocycles. The zero-order valence-corrected chi connectivity index (χ0v) is 32.3. The lowest BCUT2D eigenvalue weighted by Crippen LogP contribution is -1.97. The van der Waals surface area contributed by atoms with Crippen molar-refractivity contribution in [3.63, 3.8) is 0 Å². The van der Waals surface area contributed by atoms with Gasteiger partial charge in [0.05, 0.1) is 11.4 Å². The Morgan fingerprint density at radius 2 is 0.690 bits per heavy atom. The molecule has 274 valence electrons. The Morgan fingerprint density at radius 1 is 0.276 bits per heavy atom. The fourth-order valence-corrected chi connectivity index (χ4v) is 8.00. The number of hydrogen-bond acceptors (Lipinski definition) is 4. The largest absolute Gasteiger partial charge is 0.233 e. The molecule has 0 amide bonds. The van der Waals surface area contributed by atoms with Gasteiger partial charge in [0, 0.05) is 33.6 Å². The van der Waals surface area contributed by atoms with Gasteiger partial charge < -0.3 is 0 Å². The van der Waals surface area contributed by atoms with Crippen LogP contribution < -0.4 is 0 Å². The molecule has 0 unspecified atom stereocenters. The van der Waals surface area contributed by atoms with E-state index in [1.165, 1.54) is 27.1 Å². The quantitative estimate of drug-likeness (QED) is 0.153. The van der Waals surface area contributed by atoms with Crippen LogP contribution in [0.3, 0.4) is 0 Å². The lowest BCUT2D eigenvalue weighted by molar-refractivity contribution is 1.06. The Kier molecular flexibility index (Phi) is 8.92. The molecule has 0 aliphatic heterocycles. The van der Waals surface area contributed by atoms with E-state index in [1.54, 1.807) is 0 Å². The second kappa shape index (κ2) is 14.8. The van der Waals surface area contributed by atoms with Gasteiger partial charge in [-0.05, 0) is 105 Å². The molecule has 0 saturated carbocycles. The van der Waals surface area contributed by atoms with E-state index in [0.717, 1.165) is 78.7 Å².